The van der Waals surface area contributed by atoms with Crippen LogP contribution in [0.2, 0.25) is 0 Å². The van der Waals surface area contributed by atoms with Crippen molar-refractivity contribution in [3.63, 3.8) is 0 Å². The lowest BCUT2D eigenvalue weighted by atomic mass is 9.62. The lowest BCUT2D eigenvalue weighted by Gasteiger charge is -2.51. The molecule has 11 heteroatoms. The molecule has 1 fully saturated rings. The first-order chi connectivity index (χ1) is 17.8. The van der Waals surface area contributed by atoms with Crippen LogP contribution in [-0.4, -0.2) is 42.2 Å². The number of nitrogens with one attached hydrogen (secondary N) is 1. The number of hydrogen-bond donors (Lipinski definition) is 3. The second-order valence-corrected chi connectivity index (χ2v) is 10.1. The number of aliphatic hydroxyl groups is 1. The number of halogens is 3. The molecule has 2 heterocycles. The van der Waals surface area contributed by atoms with E-state index in [1.54, 1.807) is 73.1 Å². The standard InChI is InChI=1S/C27H25F3N4O4/c1-25(38)12-26(13-25,32-24(36)37)18-10-8-17(9-11-18)21-19(16-6-4-3-5-7-16)20-22(33(21)2)31-15-34(23(20)35)14-27(28,29)30/h3-11,15,32,38H,12-14H2,1-2H3,(H,36,37)/t25-,26+. The third-order valence-electron chi connectivity index (χ3n) is 6.99. The summed E-state index contributed by atoms with van der Waals surface area (Å²) in [6.45, 7) is 0.188. The average Bonchev–Trinajstić information content (AvgIpc) is 3.12. The number of fused-ring (bicyclic) bond motifs is 1. The maximum Gasteiger partial charge on any atom is 0.406 e. The fourth-order valence-electron chi connectivity index (χ4n) is 5.64. The van der Waals surface area contributed by atoms with Crippen LogP contribution in [0.5, 0.6) is 0 Å². The van der Waals surface area contributed by atoms with Crippen molar-refractivity contribution in [1.82, 2.24) is 19.4 Å². The maximum absolute atomic E-state index is 13.3. The Morgan fingerprint density at radius 1 is 1.08 bits per heavy atom. The van der Waals surface area contributed by atoms with Crippen LogP contribution in [0, 0.1) is 0 Å². The van der Waals surface area contributed by atoms with Crippen molar-refractivity contribution in [2.24, 2.45) is 7.05 Å². The van der Waals surface area contributed by atoms with Crippen molar-refractivity contribution in [3.8, 4) is 22.4 Å². The second-order valence-electron chi connectivity index (χ2n) is 10.1. The molecule has 0 aliphatic heterocycles. The Morgan fingerprint density at radius 3 is 2.26 bits per heavy atom. The van der Waals surface area contributed by atoms with Gasteiger partial charge in [0, 0.05) is 25.5 Å². The van der Waals surface area contributed by atoms with Crippen LogP contribution in [0.1, 0.15) is 25.3 Å². The third kappa shape index (κ3) is 4.43. The number of nitrogens with zero attached hydrogens (tertiary/aromatic N) is 3. The van der Waals surface area contributed by atoms with Crippen LogP contribution in [0.15, 0.2) is 65.7 Å². The van der Waals surface area contributed by atoms with Crippen LogP contribution >= 0.6 is 0 Å². The number of carbonyl (C=O) groups is 1. The Balaban J connectivity index is 1.69. The molecular formula is C27H25F3N4O4. The van der Waals surface area contributed by atoms with Gasteiger partial charge in [-0.15, -0.1) is 0 Å². The van der Waals surface area contributed by atoms with E-state index in [1.807, 2.05) is 0 Å². The quantitative estimate of drug-likeness (QED) is 0.351. The van der Waals surface area contributed by atoms with E-state index in [4.69, 9.17) is 0 Å². The number of carboxylic acid groups (broad SMARTS) is 1. The monoisotopic (exact) mass is 526 g/mol. The van der Waals surface area contributed by atoms with E-state index in [1.165, 1.54) is 0 Å². The van der Waals surface area contributed by atoms with Gasteiger partial charge in [-0.2, -0.15) is 13.2 Å². The molecule has 1 aliphatic rings. The van der Waals surface area contributed by atoms with E-state index in [0.29, 0.717) is 32.5 Å². The fraction of sp³-hybridized carbons (Fsp3) is 0.296. The molecule has 198 valence electrons. The topological polar surface area (TPSA) is 109 Å². The van der Waals surface area contributed by atoms with E-state index in [9.17, 15) is 33.0 Å². The minimum absolute atomic E-state index is 0.0728. The summed E-state index contributed by atoms with van der Waals surface area (Å²) in [5.74, 6) is 0. The Labute approximate surface area is 215 Å². The van der Waals surface area contributed by atoms with Crippen LogP contribution in [-0.2, 0) is 19.1 Å². The molecule has 0 unspecified atom stereocenters. The molecule has 5 rings (SSSR count). The summed E-state index contributed by atoms with van der Waals surface area (Å²) >= 11 is 0. The highest BCUT2D eigenvalue weighted by molar-refractivity contribution is 6.02. The van der Waals surface area contributed by atoms with Crippen LogP contribution in [0.4, 0.5) is 18.0 Å². The lowest BCUT2D eigenvalue weighted by Crippen LogP contribution is -2.61. The van der Waals surface area contributed by atoms with Crippen molar-refractivity contribution in [3.05, 3.63) is 76.8 Å². The molecule has 8 nitrogen and oxygen atoms in total. The molecule has 0 radical (unpaired) electrons. The van der Waals surface area contributed by atoms with Gasteiger partial charge in [0.2, 0.25) is 0 Å². The van der Waals surface area contributed by atoms with Gasteiger partial charge in [-0.05, 0) is 23.6 Å². The van der Waals surface area contributed by atoms with Crippen LogP contribution < -0.4 is 10.9 Å². The molecule has 1 aliphatic carbocycles. The second kappa shape index (κ2) is 8.73. The highest BCUT2D eigenvalue weighted by atomic mass is 19.4. The molecule has 1 saturated carbocycles. The molecule has 0 saturated heterocycles. The van der Waals surface area contributed by atoms with E-state index >= 15 is 0 Å². The summed E-state index contributed by atoms with van der Waals surface area (Å²) in [6, 6.07) is 15.9. The van der Waals surface area contributed by atoms with Crippen LogP contribution in [0.3, 0.4) is 0 Å². The third-order valence-corrected chi connectivity index (χ3v) is 6.99. The maximum atomic E-state index is 13.3. The summed E-state index contributed by atoms with van der Waals surface area (Å²) in [4.78, 5) is 29.0. The normalized spacial score (nSPS) is 21.3. The molecule has 1 amide bonds. The highest BCUT2D eigenvalue weighted by Gasteiger charge is 2.53. The zero-order chi connectivity index (χ0) is 27.5. The van der Waals surface area contributed by atoms with E-state index in [-0.39, 0.29) is 23.9 Å². The smallest absolute Gasteiger partial charge is 0.406 e. The largest absolute Gasteiger partial charge is 0.465 e. The average molecular weight is 527 g/mol. The molecule has 2 aromatic carbocycles. The fourth-order valence-corrected chi connectivity index (χ4v) is 5.64. The molecule has 3 N–H and O–H groups in total. The number of rotatable bonds is 5. The number of aryl methyl sites for hydroxylation is 1. The number of hydrogen-bond acceptors (Lipinski definition) is 4. The van der Waals surface area contributed by atoms with E-state index in [0.717, 1.165) is 6.33 Å². The van der Waals surface area contributed by atoms with E-state index < -0.39 is 35.5 Å². The van der Waals surface area contributed by atoms with Gasteiger partial charge >= 0.3 is 12.3 Å². The minimum atomic E-state index is -4.59. The molecule has 4 aromatic rings. The number of benzene rings is 2. The van der Waals surface area contributed by atoms with Crippen molar-refractivity contribution in [1.29, 1.82) is 0 Å². The first-order valence-corrected chi connectivity index (χ1v) is 11.8. The van der Waals surface area contributed by atoms with Gasteiger partial charge in [0.15, 0.2) is 0 Å². The first kappa shape index (κ1) is 25.5. The minimum Gasteiger partial charge on any atom is -0.465 e. The van der Waals surface area contributed by atoms with Gasteiger partial charge in [0.25, 0.3) is 5.56 Å². The summed E-state index contributed by atoms with van der Waals surface area (Å²) in [7, 11) is 1.69. The van der Waals surface area contributed by atoms with E-state index in [2.05, 4.69) is 10.3 Å². The Bertz CT molecular complexity index is 1580. The summed E-state index contributed by atoms with van der Waals surface area (Å²) in [5.41, 5.74) is 0.493. The molecule has 0 bridgehead atoms. The van der Waals surface area contributed by atoms with Crippen molar-refractivity contribution >= 4 is 17.1 Å². The SMILES string of the molecule is Cn1c(-c2ccc([C@]3(NC(=O)O)C[C@@](C)(O)C3)cc2)c(-c2ccccc2)c2c(=O)n(CC(F)(F)F)cnc21. The van der Waals surface area contributed by atoms with Crippen LogP contribution in [0.25, 0.3) is 33.4 Å². The molecular weight excluding hydrogens is 501 g/mol. The Hall–Kier alpha value is -4.12. The molecule has 2 aromatic heterocycles. The number of amides is 1. The number of alkyl halides is 3. The Morgan fingerprint density at radius 2 is 1.71 bits per heavy atom. The molecule has 38 heavy (non-hydrogen) atoms. The van der Waals surface area contributed by atoms with Gasteiger partial charge in [0.05, 0.1) is 22.2 Å². The predicted octanol–water partition coefficient (Wildman–Crippen LogP) is 4.64. The summed E-state index contributed by atoms with van der Waals surface area (Å²) in [5, 5.41) is 22.3. The van der Waals surface area contributed by atoms with Crippen molar-refractivity contribution in [2.75, 3.05) is 0 Å². The van der Waals surface area contributed by atoms with Gasteiger partial charge in [-0.1, -0.05) is 54.6 Å². The van der Waals surface area contributed by atoms with Gasteiger partial charge in [-0.3, -0.25) is 9.36 Å². The Kier molecular flexibility index (Phi) is 5.86. The molecule has 0 spiro atoms. The van der Waals surface area contributed by atoms with Gasteiger partial charge in [0.1, 0.15) is 18.5 Å². The highest BCUT2D eigenvalue weighted by Crippen LogP contribution is 2.48. The van der Waals surface area contributed by atoms with Crippen molar-refractivity contribution in [2.45, 2.75) is 43.6 Å². The van der Waals surface area contributed by atoms with Crippen molar-refractivity contribution < 1.29 is 28.2 Å². The van der Waals surface area contributed by atoms with Gasteiger partial charge < -0.3 is 20.1 Å². The summed E-state index contributed by atoms with van der Waals surface area (Å²) < 4.78 is 41.7. The predicted molar refractivity (Wildman–Crippen MR) is 135 cm³/mol. The zero-order valence-electron chi connectivity index (χ0n) is 20.6. The van der Waals surface area contributed by atoms with Gasteiger partial charge in [-0.25, -0.2) is 9.78 Å². The molecule has 0 atom stereocenters. The lowest BCUT2D eigenvalue weighted by molar-refractivity contribution is -0.141. The number of aromatic nitrogens is 3. The first-order valence-electron chi connectivity index (χ1n) is 11.8. The summed E-state index contributed by atoms with van der Waals surface area (Å²) in [6.07, 6.45) is -4.48. The zero-order valence-corrected chi connectivity index (χ0v) is 20.6.